The van der Waals surface area contributed by atoms with E-state index in [0.717, 1.165) is 42.7 Å². The summed E-state index contributed by atoms with van der Waals surface area (Å²) >= 11 is 12.3. The highest BCUT2D eigenvalue weighted by molar-refractivity contribution is 7.92. The fourth-order valence-corrected chi connectivity index (χ4v) is 6.03. The average Bonchev–Trinajstić information content (AvgIpc) is 2.87. The Morgan fingerprint density at radius 1 is 1.11 bits per heavy atom. The Kier molecular flexibility index (Phi) is 10.8. The summed E-state index contributed by atoms with van der Waals surface area (Å²) in [5.41, 5.74) is 0.513. The van der Waals surface area contributed by atoms with E-state index in [1.54, 1.807) is 31.2 Å². The Morgan fingerprint density at radius 2 is 1.79 bits per heavy atom. The number of halogens is 3. The summed E-state index contributed by atoms with van der Waals surface area (Å²) in [4.78, 5) is 27.8. The van der Waals surface area contributed by atoms with Gasteiger partial charge in [0.05, 0.1) is 17.0 Å². The van der Waals surface area contributed by atoms with E-state index in [1.165, 1.54) is 23.1 Å². The lowest BCUT2D eigenvalue weighted by Gasteiger charge is -2.31. The van der Waals surface area contributed by atoms with Crippen LogP contribution in [0.2, 0.25) is 10.0 Å². The van der Waals surface area contributed by atoms with Gasteiger partial charge in [-0.2, -0.15) is 0 Å². The molecular formula is C27H34Cl2FN3O4S. The number of hydrogen-bond acceptors (Lipinski definition) is 4. The molecular weight excluding hydrogens is 552 g/mol. The van der Waals surface area contributed by atoms with Gasteiger partial charge in [0.2, 0.25) is 21.8 Å². The van der Waals surface area contributed by atoms with E-state index in [4.69, 9.17) is 23.2 Å². The second-order valence-electron chi connectivity index (χ2n) is 9.67. The SMILES string of the molecule is C[C@H](C(=O)NC1CCCCC1)N(Cc1ccccc1F)C(=O)CCCN(c1cc(Cl)ccc1Cl)S(C)(=O)=O. The molecule has 0 unspecified atom stereocenters. The van der Waals surface area contributed by atoms with Crippen LogP contribution >= 0.6 is 23.2 Å². The Bertz CT molecular complexity index is 1240. The zero-order chi connectivity index (χ0) is 27.9. The van der Waals surface area contributed by atoms with Crippen molar-refractivity contribution in [1.29, 1.82) is 0 Å². The van der Waals surface area contributed by atoms with Crippen LogP contribution in [0.1, 0.15) is 57.4 Å². The van der Waals surface area contributed by atoms with Crippen LogP contribution in [0.3, 0.4) is 0 Å². The molecule has 2 amide bonds. The minimum Gasteiger partial charge on any atom is -0.352 e. The predicted molar refractivity (Wildman–Crippen MR) is 149 cm³/mol. The molecule has 7 nitrogen and oxygen atoms in total. The Labute approximate surface area is 234 Å². The third-order valence-electron chi connectivity index (χ3n) is 6.75. The lowest BCUT2D eigenvalue weighted by molar-refractivity contribution is -0.141. The van der Waals surface area contributed by atoms with Gasteiger partial charge in [-0.25, -0.2) is 12.8 Å². The van der Waals surface area contributed by atoms with E-state index >= 15 is 0 Å². The molecule has 11 heteroatoms. The molecule has 0 bridgehead atoms. The van der Waals surface area contributed by atoms with Crippen LogP contribution in [-0.4, -0.2) is 50.0 Å². The molecule has 0 heterocycles. The molecule has 1 aliphatic rings. The predicted octanol–water partition coefficient (Wildman–Crippen LogP) is 5.54. The molecule has 0 aliphatic heterocycles. The minimum absolute atomic E-state index is 0.0270. The maximum Gasteiger partial charge on any atom is 0.242 e. The third-order valence-corrected chi connectivity index (χ3v) is 8.48. The molecule has 0 aromatic heterocycles. The quantitative estimate of drug-likeness (QED) is 0.375. The molecule has 0 radical (unpaired) electrons. The van der Waals surface area contributed by atoms with Gasteiger partial charge < -0.3 is 10.2 Å². The summed E-state index contributed by atoms with van der Waals surface area (Å²) in [5, 5.41) is 3.57. The highest BCUT2D eigenvalue weighted by atomic mass is 35.5. The normalized spacial score (nSPS) is 15.1. The highest BCUT2D eigenvalue weighted by Crippen LogP contribution is 2.31. The Balaban J connectivity index is 1.75. The first-order valence-corrected chi connectivity index (χ1v) is 15.3. The van der Waals surface area contributed by atoms with E-state index in [1.807, 2.05) is 0 Å². The molecule has 2 aromatic carbocycles. The summed E-state index contributed by atoms with van der Waals surface area (Å²) in [6.45, 7) is 1.52. The molecule has 1 saturated carbocycles. The van der Waals surface area contributed by atoms with Crippen LogP contribution in [0.25, 0.3) is 0 Å². The van der Waals surface area contributed by atoms with Crippen molar-refractivity contribution in [2.24, 2.45) is 0 Å². The number of amides is 2. The maximum absolute atomic E-state index is 14.5. The summed E-state index contributed by atoms with van der Waals surface area (Å²) in [5.74, 6) is -1.14. The number of rotatable bonds is 11. The van der Waals surface area contributed by atoms with Crippen molar-refractivity contribution in [3.05, 3.63) is 63.9 Å². The van der Waals surface area contributed by atoms with Crippen molar-refractivity contribution >= 4 is 50.7 Å². The van der Waals surface area contributed by atoms with Gasteiger partial charge in [0.1, 0.15) is 11.9 Å². The van der Waals surface area contributed by atoms with Gasteiger partial charge in [-0.15, -0.1) is 0 Å². The smallest absolute Gasteiger partial charge is 0.242 e. The van der Waals surface area contributed by atoms with Crippen molar-refractivity contribution in [1.82, 2.24) is 10.2 Å². The molecule has 0 saturated heterocycles. The monoisotopic (exact) mass is 585 g/mol. The lowest BCUT2D eigenvalue weighted by Crippen LogP contribution is -2.50. The molecule has 1 atom stereocenters. The summed E-state index contributed by atoms with van der Waals surface area (Å²) in [6.07, 6.45) is 6.17. The van der Waals surface area contributed by atoms with Crippen LogP contribution in [-0.2, 0) is 26.2 Å². The fourth-order valence-electron chi connectivity index (χ4n) is 4.62. The summed E-state index contributed by atoms with van der Waals surface area (Å²) in [7, 11) is -3.72. The van der Waals surface area contributed by atoms with Gasteiger partial charge in [-0.1, -0.05) is 60.7 Å². The highest BCUT2D eigenvalue weighted by Gasteiger charge is 2.29. The first-order valence-electron chi connectivity index (χ1n) is 12.7. The van der Waals surface area contributed by atoms with Crippen LogP contribution in [0, 0.1) is 5.82 Å². The number of nitrogens with zero attached hydrogens (tertiary/aromatic N) is 2. The minimum atomic E-state index is -3.72. The molecule has 1 fully saturated rings. The number of nitrogens with one attached hydrogen (secondary N) is 1. The van der Waals surface area contributed by atoms with Crippen molar-refractivity contribution in [2.45, 2.75) is 70.5 Å². The Morgan fingerprint density at radius 3 is 2.45 bits per heavy atom. The van der Waals surface area contributed by atoms with E-state index in [2.05, 4.69) is 5.32 Å². The second-order valence-corrected chi connectivity index (χ2v) is 12.4. The van der Waals surface area contributed by atoms with Crippen LogP contribution in [0.15, 0.2) is 42.5 Å². The van der Waals surface area contributed by atoms with Crippen LogP contribution in [0.5, 0.6) is 0 Å². The number of sulfonamides is 1. The van der Waals surface area contributed by atoms with Crippen LogP contribution in [0.4, 0.5) is 10.1 Å². The molecule has 1 N–H and O–H groups in total. The molecule has 3 rings (SSSR count). The standard InChI is InChI=1S/C27H34Cl2FN3O4S/c1-19(27(35)31-22-10-4-3-5-11-22)32(18-20-9-6-7-12-24(20)30)26(34)13-8-16-33(38(2,36)37)25-17-21(28)14-15-23(25)29/h6-7,9,12,14-15,17,19,22H,3-5,8,10-11,13,16,18H2,1-2H3,(H,31,35)/t19-/m1/s1. The number of benzene rings is 2. The zero-order valence-electron chi connectivity index (χ0n) is 21.6. The first kappa shape index (κ1) is 30.2. The van der Waals surface area contributed by atoms with E-state index in [0.29, 0.717) is 10.6 Å². The number of carbonyl (C=O) groups is 2. The Hall–Kier alpha value is -2.36. The summed E-state index contributed by atoms with van der Waals surface area (Å²) < 4.78 is 40.6. The van der Waals surface area contributed by atoms with Gasteiger partial charge >= 0.3 is 0 Å². The second kappa shape index (κ2) is 13.6. The maximum atomic E-state index is 14.5. The molecule has 1 aliphatic carbocycles. The largest absolute Gasteiger partial charge is 0.352 e. The van der Waals surface area contributed by atoms with Gasteiger partial charge in [-0.05, 0) is 50.5 Å². The first-order chi connectivity index (χ1) is 18.0. The van der Waals surface area contributed by atoms with Gasteiger partial charge in [0.15, 0.2) is 0 Å². The van der Waals surface area contributed by atoms with Crippen molar-refractivity contribution in [3.8, 4) is 0 Å². The zero-order valence-corrected chi connectivity index (χ0v) is 24.0. The van der Waals surface area contributed by atoms with Crippen molar-refractivity contribution in [2.75, 3.05) is 17.1 Å². The van der Waals surface area contributed by atoms with E-state index in [-0.39, 0.29) is 54.5 Å². The average molecular weight is 587 g/mol. The number of hydrogen-bond donors (Lipinski definition) is 1. The lowest BCUT2D eigenvalue weighted by atomic mass is 9.95. The topological polar surface area (TPSA) is 86.8 Å². The van der Waals surface area contributed by atoms with E-state index < -0.39 is 21.9 Å². The van der Waals surface area contributed by atoms with Crippen molar-refractivity contribution < 1.29 is 22.4 Å². The van der Waals surface area contributed by atoms with Gasteiger partial charge in [-0.3, -0.25) is 13.9 Å². The summed E-state index contributed by atoms with van der Waals surface area (Å²) in [6, 6.07) is 9.86. The molecule has 0 spiro atoms. The van der Waals surface area contributed by atoms with Crippen LogP contribution < -0.4 is 9.62 Å². The van der Waals surface area contributed by atoms with Gasteiger partial charge in [0.25, 0.3) is 0 Å². The molecule has 38 heavy (non-hydrogen) atoms. The molecule has 2 aromatic rings. The third kappa shape index (κ3) is 8.32. The number of carbonyl (C=O) groups excluding carboxylic acids is 2. The van der Waals surface area contributed by atoms with E-state index in [9.17, 15) is 22.4 Å². The number of anilines is 1. The molecule has 208 valence electrons. The van der Waals surface area contributed by atoms with Gasteiger partial charge in [0, 0.05) is 36.1 Å². The fraction of sp³-hybridized carbons (Fsp3) is 0.481. The van der Waals surface area contributed by atoms with Crippen molar-refractivity contribution in [3.63, 3.8) is 0 Å².